The third kappa shape index (κ3) is 13.6. The summed E-state index contributed by atoms with van der Waals surface area (Å²) in [4.78, 5) is 0. The average molecular weight is 208 g/mol. The van der Waals surface area contributed by atoms with Crippen molar-refractivity contribution in [2.24, 2.45) is 0 Å². The van der Waals surface area contributed by atoms with Gasteiger partial charge in [-0.2, -0.15) is 13.2 Å². The molecule has 1 N–H and O–H groups in total. The number of allylic oxidation sites excluding steroid dienone is 3. The molecule has 0 rings (SSSR count). The molecule has 0 saturated heterocycles. The summed E-state index contributed by atoms with van der Waals surface area (Å²) >= 11 is 0. The predicted octanol–water partition coefficient (Wildman–Crippen LogP) is 3.24. The molecule has 0 unspecified atom stereocenters. The molecule has 0 aliphatic heterocycles. The zero-order chi connectivity index (χ0) is 11.6. The number of alkyl halides is 3. The van der Waals surface area contributed by atoms with Gasteiger partial charge in [-0.25, -0.2) is 0 Å². The lowest BCUT2D eigenvalue weighted by Gasteiger charge is -1.94. The van der Waals surface area contributed by atoms with Gasteiger partial charge in [0.15, 0.2) is 0 Å². The van der Waals surface area contributed by atoms with Gasteiger partial charge in [-0.15, -0.1) is 0 Å². The van der Waals surface area contributed by atoms with E-state index in [1.54, 1.807) is 6.08 Å². The summed E-state index contributed by atoms with van der Waals surface area (Å²) in [5, 5.41) is 8.70. The maximum absolute atomic E-state index is 9.67. The van der Waals surface area contributed by atoms with Crippen molar-refractivity contribution >= 4 is 0 Å². The lowest BCUT2D eigenvalue weighted by atomic mass is 10.2. The van der Waals surface area contributed by atoms with Crippen LogP contribution in [0.25, 0.3) is 0 Å². The number of aliphatic hydroxyl groups is 1. The molecule has 4 heteroatoms. The first-order chi connectivity index (χ1) is 6.47. The van der Waals surface area contributed by atoms with Gasteiger partial charge < -0.3 is 5.11 Å². The van der Waals surface area contributed by atoms with Gasteiger partial charge in [0.2, 0.25) is 0 Å². The highest BCUT2D eigenvalue weighted by Gasteiger charge is 1.86. The largest absolute Gasteiger partial charge is 0.392 e. The molecule has 0 saturated carbocycles. The van der Waals surface area contributed by atoms with Gasteiger partial charge in [0, 0.05) is 0 Å². The van der Waals surface area contributed by atoms with Crippen LogP contribution in [-0.4, -0.2) is 18.4 Å². The Kier molecular flexibility index (Phi) is 11.1. The molecule has 0 atom stereocenters. The van der Waals surface area contributed by atoms with Crippen molar-refractivity contribution in [3.05, 3.63) is 36.0 Å². The molecular formula is C10H15F3O. The Bertz CT molecular complexity index is 205. The van der Waals surface area contributed by atoms with Crippen LogP contribution in [-0.2, 0) is 0 Å². The predicted molar refractivity (Wildman–Crippen MR) is 51.9 cm³/mol. The van der Waals surface area contributed by atoms with Crippen LogP contribution in [0.15, 0.2) is 36.0 Å². The molecule has 0 heterocycles. The Balaban J connectivity index is 0. The Morgan fingerprint density at radius 1 is 1.43 bits per heavy atom. The van der Waals surface area contributed by atoms with E-state index in [0.717, 1.165) is 11.1 Å². The van der Waals surface area contributed by atoms with Crippen molar-refractivity contribution < 1.29 is 18.3 Å². The van der Waals surface area contributed by atoms with Crippen molar-refractivity contribution in [3.63, 3.8) is 0 Å². The van der Waals surface area contributed by atoms with E-state index in [-0.39, 0.29) is 6.61 Å². The average Bonchev–Trinajstić information content (AvgIpc) is 2.12. The van der Waals surface area contributed by atoms with E-state index < -0.39 is 6.68 Å². The molecule has 0 spiro atoms. The maximum Gasteiger partial charge on any atom is 0.379 e. The molecular weight excluding hydrogens is 193 g/mol. The third-order valence-corrected chi connectivity index (χ3v) is 1.31. The fourth-order valence-corrected chi connectivity index (χ4v) is 0.545. The molecule has 0 aliphatic rings. The minimum Gasteiger partial charge on any atom is -0.392 e. The fraction of sp³-hybridized carbons (Fsp3) is 0.400. The zero-order valence-corrected chi connectivity index (χ0v) is 8.30. The molecule has 0 fully saturated rings. The molecule has 0 aromatic rings. The van der Waals surface area contributed by atoms with Gasteiger partial charge in [-0.1, -0.05) is 30.4 Å². The SMILES string of the molecule is C=C/C(=C\C(C)=C/C)CO.FC(F)F. The molecule has 14 heavy (non-hydrogen) atoms. The minimum atomic E-state index is -3.67. The van der Waals surface area contributed by atoms with Gasteiger partial charge in [0.05, 0.1) is 6.61 Å². The molecule has 0 radical (unpaired) electrons. The van der Waals surface area contributed by atoms with Crippen LogP contribution in [0.3, 0.4) is 0 Å². The lowest BCUT2D eigenvalue weighted by Crippen LogP contribution is -1.85. The van der Waals surface area contributed by atoms with Crippen molar-refractivity contribution in [2.75, 3.05) is 6.61 Å². The van der Waals surface area contributed by atoms with Crippen LogP contribution in [0, 0.1) is 0 Å². The molecule has 82 valence electrons. The van der Waals surface area contributed by atoms with E-state index in [4.69, 9.17) is 5.11 Å². The lowest BCUT2D eigenvalue weighted by molar-refractivity contribution is 0.00819. The highest BCUT2D eigenvalue weighted by Crippen LogP contribution is 2.01. The van der Waals surface area contributed by atoms with Crippen molar-refractivity contribution in [1.82, 2.24) is 0 Å². The van der Waals surface area contributed by atoms with E-state index in [1.165, 1.54) is 0 Å². The maximum atomic E-state index is 9.67. The topological polar surface area (TPSA) is 20.2 Å². The second-order valence-corrected chi connectivity index (χ2v) is 2.36. The fourth-order valence-electron chi connectivity index (χ4n) is 0.545. The van der Waals surface area contributed by atoms with Crippen LogP contribution in [0.1, 0.15) is 13.8 Å². The second-order valence-electron chi connectivity index (χ2n) is 2.36. The molecule has 0 aromatic carbocycles. The van der Waals surface area contributed by atoms with Gasteiger partial charge in [-0.05, 0) is 19.4 Å². The minimum absolute atomic E-state index is 0.0642. The standard InChI is InChI=1S/C9H14O.CHF3/c1-4-8(3)6-9(5-2)7-10;2-1(3)4/h4-6,10H,2,7H2,1,3H3;1H/b8-4-,9-6+;. The van der Waals surface area contributed by atoms with E-state index in [0.29, 0.717) is 0 Å². The first-order valence-corrected chi connectivity index (χ1v) is 3.96. The Hall–Kier alpha value is -1.03. The summed E-state index contributed by atoms with van der Waals surface area (Å²) in [7, 11) is 0. The third-order valence-electron chi connectivity index (χ3n) is 1.31. The van der Waals surface area contributed by atoms with E-state index in [9.17, 15) is 13.2 Å². The highest BCUT2D eigenvalue weighted by molar-refractivity contribution is 5.27. The number of hydrogen-bond donors (Lipinski definition) is 1. The van der Waals surface area contributed by atoms with E-state index in [1.807, 2.05) is 26.0 Å². The monoisotopic (exact) mass is 208 g/mol. The van der Waals surface area contributed by atoms with Crippen LogP contribution in [0.5, 0.6) is 0 Å². The van der Waals surface area contributed by atoms with E-state index in [2.05, 4.69) is 6.58 Å². The van der Waals surface area contributed by atoms with Crippen molar-refractivity contribution in [1.29, 1.82) is 0 Å². The van der Waals surface area contributed by atoms with Crippen LogP contribution in [0.4, 0.5) is 13.2 Å². The highest BCUT2D eigenvalue weighted by atomic mass is 19.4. The summed E-state index contributed by atoms with van der Waals surface area (Å²) in [5.41, 5.74) is 2.00. The normalized spacial score (nSPS) is 12.2. The smallest absolute Gasteiger partial charge is 0.379 e. The van der Waals surface area contributed by atoms with Crippen molar-refractivity contribution in [2.45, 2.75) is 20.5 Å². The molecule has 0 aromatic heterocycles. The van der Waals surface area contributed by atoms with Gasteiger partial charge in [0.25, 0.3) is 0 Å². The van der Waals surface area contributed by atoms with Crippen molar-refractivity contribution in [3.8, 4) is 0 Å². The second kappa shape index (κ2) is 10.1. The number of halogens is 3. The number of hydrogen-bond acceptors (Lipinski definition) is 1. The molecule has 0 bridgehead atoms. The first kappa shape index (κ1) is 15.4. The first-order valence-electron chi connectivity index (χ1n) is 3.96. The van der Waals surface area contributed by atoms with Crippen LogP contribution >= 0.6 is 0 Å². The molecule has 1 nitrogen and oxygen atoms in total. The van der Waals surface area contributed by atoms with Gasteiger partial charge >= 0.3 is 6.68 Å². The summed E-state index contributed by atoms with van der Waals surface area (Å²) in [5.74, 6) is 0. The van der Waals surface area contributed by atoms with Crippen LogP contribution < -0.4 is 0 Å². The number of rotatable bonds is 3. The Morgan fingerprint density at radius 3 is 2.07 bits per heavy atom. The van der Waals surface area contributed by atoms with E-state index >= 15 is 0 Å². The molecule has 0 amide bonds. The van der Waals surface area contributed by atoms with Crippen LogP contribution in [0.2, 0.25) is 0 Å². The Labute approximate surface area is 82.3 Å². The van der Waals surface area contributed by atoms with Gasteiger partial charge in [0.1, 0.15) is 0 Å². The zero-order valence-electron chi connectivity index (χ0n) is 8.30. The molecule has 0 aliphatic carbocycles. The number of aliphatic hydroxyl groups excluding tert-OH is 1. The quantitative estimate of drug-likeness (QED) is 0.706. The Morgan fingerprint density at radius 2 is 1.86 bits per heavy atom. The summed E-state index contributed by atoms with van der Waals surface area (Å²) in [6.45, 7) is 3.91. The summed E-state index contributed by atoms with van der Waals surface area (Å²) < 4.78 is 29.0. The summed E-state index contributed by atoms with van der Waals surface area (Å²) in [6.07, 6.45) is 5.55. The van der Waals surface area contributed by atoms with Gasteiger partial charge in [-0.3, -0.25) is 0 Å². The summed E-state index contributed by atoms with van der Waals surface area (Å²) in [6, 6.07) is 0.